The number of carbonyl (C=O) groups excluding carboxylic acids is 1. The molecular weight excluding hydrogens is 410 g/mol. The first kappa shape index (κ1) is 21.6. The number of hydrogen-bond donors (Lipinski definition) is 0. The Hall–Kier alpha value is -2.61. The van der Waals surface area contributed by atoms with Crippen LogP contribution in [0.3, 0.4) is 0 Å². The lowest BCUT2D eigenvalue weighted by Gasteiger charge is -2.24. The molecule has 1 amide bonds. The van der Waals surface area contributed by atoms with E-state index in [1.165, 1.54) is 16.4 Å². The molecule has 3 aliphatic rings. The quantitative estimate of drug-likeness (QED) is 0.433. The van der Waals surface area contributed by atoms with Gasteiger partial charge in [-0.2, -0.15) is 4.68 Å². The van der Waals surface area contributed by atoms with Gasteiger partial charge in [0.1, 0.15) is 5.56 Å². The van der Waals surface area contributed by atoms with Crippen LogP contribution in [-0.4, -0.2) is 48.5 Å². The van der Waals surface area contributed by atoms with Gasteiger partial charge in [-0.15, -0.1) is 5.10 Å². The van der Waals surface area contributed by atoms with E-state index < -0.39 is 0 Å². The molecule has 0 saturated heterocycles. The minimum Gasteiger partial charge on any atom is -0.342 e. The van der Waals surface area contributed by atoms with Gasteiger partial charge in [0.25, 0.3) is 5.56 Å². The second-order valence-electron chi connectivity index (χ2n) is 7.83. The molecule has 8 heteroatoms. The first-order valence-corrected chi connectivity index (χ1v) is 12.0. The lowest BCUT2D eigenvalue weighted by molar-refractivity contribution is -0.129. The highest BCUT2D eigenvalue weighted by Gasteiger charge is 2.29. The Bertz CT molecular complexity index is 1090. The van der Waals surface area contributed by atoms with Crippen LogP contribution in [0.5, 0.6) is 0 Å². The molecular formula is C23H29N5O2S. The smallest absolute Gasteiger partial charge is 0.284 e. The van der Waals surface area contributed by atoms with Crippen LogP contribution in [0.25, 0.3) is 17.1 Å². The first-order chi connectivity index (χ1) is 15.0. The zero-order chi connectivity index (χ0) is 22.0. The number of carbonyl (C=O) groups is 1. The van der Waals surface area contributed by atoms with E-state index in [1.807, 2.05) is 56.0 Å². The lowest BCUT2D eigenvalue weighted by Crippen LogP contribution is -2.36. The third-order valence-electron chi connectivity index (χ3n) is 5.87. The molecule has 7 nitrogen and oxygen atoms in total. The molecule has 0 N–H and O–H groups in total. The Morgan fingerprint density at radius 1 is 1.16 bits per heavy atom. The van der Waals surface area contributed by atoms with Crippen molar-refractivity contribution in [1.29, 1.82) is 0 Å². The normalized spacial score (nSPS) is 14.8. The van der Waals surface area contributed by atoms with Crippen molar-refractivity contribution in [2.75, 3.05) is 13.1 Å². The van der Waals surface area contributed by atoms with Crippen LogP contribution in [0.4, 0.5) is 0 Å². The van der Waals surface area contributed by atoms with Crippen molar-refractivity contribution < 1.29 is 4.79 Å². The van der Waals surface area contributed by atoms with Crippen molar-refractivity contribution in [3.63, 3.8) is 0 Å². The number of rotatable bonds is 6. The van der Waals surface area contributed by atoms with Gasteiger partial charge in [-0.3, -0.25) is 9.59 Å². The van der Waals surface area contributed by atoms with Gasteiger partial charge in [-0.25, -0.2) is 4.98 Å². The van der Waals surface area contributed by atoms with Gasteiger partial charge in [-0.05, 0) is 52.2 Å². The van der Waals surface area contributed by atoms with Crippen molar-refractivity contribution in [2.45, 2.75) is 63.4 Å². The maximum absolute atomic E-state index is 13.3. The number of hydrogen-bond acceptors (Lipinski definition) is 5. The number of para-hydroxylation sites is 1. The van der Waals surface area contributed by atoms with Crippen LogP contribution in [0, 0.1) is 0 Å². The standard InChI is InChI=1S/C23H29N5O2S/c1-4-26(5-2)21(29)16(3)31-23-24-20-19(18-14-10-7-11-15-27(18)23)22(30)28(25-20)17-12-8-6-9-13-17/h6,8-9,12-13,16H,4-5,7,10-11,14-15H2,1-3H3. The van der Waals surface area contributed by atoms with Gasteiger partial charge >= 0.3 is 0 Å². The van der Waals surface area contributed by atoms with Gasteiger partial charge in [-0.1, -0.05) is 36.4 Å². The fraction of sp³-hybridized carbons (Fsp3) is 0.478. The van der Waals surface area contributed by atoms with Crippen molar-refractivity contribution in [1.82, 2.24) is 24.2 Å². The summed E-state index contributed by atoms with van der Waals surface area (Å²) < 4.78 is 3.60. The van der Waals surface area contributed by atoms with Gasteiger partial charge in [0, 0.05) is 25.3 Å². The molecule has 0 aliphatic carbocycles. The zero-order valence-corrected chi connectivity index (χ0v) is 19.2. The van der Waals surface area contributed by atoms with E-state index in [1.54, 1.807) is 0 Å². The average molecular weight is 440 g/mol. The zero-order valence-electron chi connectivity index (χ0n) is 18.4. The third kappa shape index (κ3) is 4.13. The monoisotopic (exact) mass is 439 g/mol. The van der Waals surface area contributed by atoms with Crippen molar-refractivity contribution in [3.8, 4) is 17.1 Å². The van der Waals surface area contributed by atoms with E-state index >= 15 is 0 Å². The fourth-order valence-corrected chi connectivity index (χ4v) is 5.22. The van der Waals surface area contributed by atoms with E-state index in [-0.39, 0.29) is 16.7 Å². The Labute approximate surface area is 186 Å². The summed E-state index contributed by atoms with van der Waals surface area (Å²) in [4.78, 5) is 32.8. The van der Waals surface area contributed by atoms with Crippen LogP contribution >= 0.6 is 11.8 Å². The van der Waals surface area contributed by atoms with Crippen molar-refractivity contribution >= 4 is 17.7 Å². The van der Waals surface area contributed by atoms with E-state index in [2.05, 4.69) is 9.67 Å². The van der Waals surface area contributed by atoms with Crippen LogP contribution < -0.4 is 5.56 Å². The largest absolute Gasteiger partial charge is 0.342 e. The summed E-state index contributed by atoms with van der Waals surface area (Å²) in [5, 5.41) is 5.09. The SMILES string of the molecule is CCN(CC)C(=O)C(C)Sc1nc2nn(-c3ccccc3)c(=O)c-2c2n1CCCCC2. The molecule has 1 aromatic rings. The van der Waals surface area contributed by atoms with Crippen molar-refractivity contribution in [3.05, 3.63) is 46.4 Å². The number of benzene rings is 1. The molecule has 0 bridgehead atoms. The van der Waals surface area contributed by atoms with Crippen LogP contribution in [0.2, 0.25) is 0 Å². The fourth-order valence-electron chi connectivity index (χ4n) is 4.19. The average Bonchev–Trinajstić information content (AvgIpc) is 2.95. The Balaban J connectivity index is 1.81. The molecule has 31 heavy (non-hydrogen) atoms. The summed E-state index contributed by atoms with van der Waals surface area (Å²) in [5.41, 5.74) is 2.22. The maximum atomic E-state index is 13.3. The molecule has 0 aromatic heterocycles. The first-order valence-electron chi connectivity index (χ1n) is 11.1. The summed E-state index contributed by atoms with van der Waals surface area (Å²) in [7, 11) is 0. The van der Waals surface area contributed by atoms with Crippen LogP contribution in [0.1, 0.15) is 45.7 Å². The third-order valence-corrected chi connectivity index (χ3v) is 6.95. The highest BCUT2D eigenvalue weighted by molar-refractivity contribution is 8.00. The molecule has 3 aliphatic heterocycles. The number of amides is 1. The molecule has 0 radical (unpaired) electrons. The molecule has 0 spiro atoms. The molecule has 1 atom stereocenters. The van der Waals surface area contributed by atoms with E-state index in [0.29, 0.717) is 24.5 Å². The van der Waals surface area contributed by atoms with Gasteiger partial charge in [0.2, 0.25) is 5.91 Å². The predicted molar refractivity (Wildman–Crippen MR) is 123 cm³/mol. The molecule has 1 unspecified atom stereocenters. The summed E-state index contributed by atoms with van der Waals surface area (Å²) in [5.74, 6) is 0.575. The highest BCUT2D eigenvalue weighted by atomic mass is 32.2. The molecule has 0 saturated carbocycles. The van der Waals surface area contributed by atoms with E-state index in [4.69, 9.17) is 4.98 Å². The van der Waals surface area contributed by atoms with E-state index in [0.717, 1.165) is 48.8 Å². The minimum atomic E-state index is -0.257. The Morgan fingerprint density at radius 3 is 2.61 bits per heavy atom. The summed E-state index contributed by atoms with van der Waals surface area (Å²) in [6.45, 7) is 8.12. The van der Waals surface area contributed by atoms with Crippen LogP contribution in [-0.2, 0) is 17.8 Å². The van der Waals surface area contributed by atoms with Crippen LogP contribution in [0.15, 0.2) is 40.3 Å². The number of fused-ring (bicyclic) bond motifs is 3. The minimum absolute atomic E-state index is 0.110. The Morgan fingerprint density at radius 2 is 1.90 bits per heavy atom. The second kappa shape index (κ2) is 9.26. The molecule has 4 rings (SSSR count). The van der Waals surface area contributed by atoms with Gasteiger partial charge in [0.05, 0.1) is 10.9 Å². The van der Waals surface area contributed by atoms with Crippen molar-refractivity contribution in [2.24, 2.45) is 0 Å². The maximum Gasteiger partial charge on any atom is 0.284 e. The summed E-state index contributed by atoms with van der Waals surface area (Å²) in [6.07, 6.45) is 4.01. The second-order valence-corrected chi connectivity index (χ2v) is 9.13. The van der Waals surface area contributed by atoms with Gasteiger partial charge in [0.15, 0.2) is 11.0 Å². The van der Waals surface area contributed by atoms with Gasteiger partial charge < -0.3 is 9.47 Å². The molecule has 1 aromatic carbocycles. The topological polar surface area (TPSA) is 73.0 Å². The summed E-state index contributed by atoms with van der Waals surface area (Å²) in [6, 6.07) is 9.46. The number of thioether (sulfide) groups is 1. The molecule has 0 fully saturated rings. The Kier molecular flexibility index (Phi) is 6.46. The summed E-state index contributed by atoms with van der Waals surface area (Å²) >= 11 is 1.47. The molecule has 164 valence electrons. The lowest BCUT2D eigenvalue weighted by atomic mass is 10.1. The van der Waals surface area contributed by atoms with E-state index in [9.17, 15) is 9.59 Å². The molecule has 3 heterocycles. The number of aromatic nitrogens is 4. The predicted octanol–water partition coefficient (Wildman–Crippen LogP) is 3.61. The number of nitrogens with zero attached hydrogens (tertiary/aromatic N) is 5. The highest BCUT2D eigenvalue weighted by Crippen LogP contribution is 2.32.